The Kier molecular flexibility index (Phi) is 5.04. The molecule has 0 bridgehead atoms. The number of hydrogen-bond donors (Lipinski definition) is 2. The summed E-state index contributed by atoms with van der Waals surface area (Å²) in [7, 11) is 0. The zero-order valence-electron chi connectivity index (χ0n) is 14.9. The van der Waals surface area contributed by atoms with E-state index in [-0.39, 0.29) is 11.9 Å². The molecule has 130 valence electrons. The van der Waals surface area contributed by atoms with E-state index in [9.17, 15) is 4.79 Å². The Morgan fingerprint density at radius 3 is 2.71 bits per heavy atom. The minimum absolute atomic E-state index is 0.0501. The van der Waals surface area contributed by atoms with Crippen molar-refractivity contribution in [1.82, 2.24) is 20.5 Å². The minimum atomic E-state index is -0.0782. The van der Waals surface area contributed by atoms with Crippen LogP contribution in [0.2, 0.25) is 0 Å². The smallest absolute Gasteiger partial charge is 0.272 e. The van der Waals surface area contributed by atoms with Crippen LogP contribution in [0.25, 0.3) is 0 Å². The minimum Gasteiger partial charge on any atom is -0.341 e. The van der Waals surface area contributed by atoms with E-state index in [2.05, 4.69) is 41.3 Å². The number of amides is 1. The van der Waals surface area contributed by atoms with E-state index < -0.39 is 0 Å². The number of hydrogen-bond acceptors (Lipinski definition) is 4. The van der Waals surface area contributed by atoms with Crippen LogP contribution in [0.4, 0.5) is 0 Å². The van der Waals surface area contributed by atoms with Crippen molar-refractivity contribution in [1.29, 1.82) is 0 Å². The Balaban J connectivity index is 1.81. The van der Waals surface area contributed by atoms with Crippen LogP contribution in [0.15, 0.2) is 0 Å². The van der Waals surface area contributed by atoms with Gasteiger partial charge >= 0.3 is 0 Å². The van der Waals surface area contributed by atoms with E-state index in [1.807, 2.05) is 6.92 Å². The summed E-state index contributed by atoms with van der Waals surface area (Å²) in [6, 6.07) is -0.0501. The van der Waals surface area contributed by atoms with Gasteiger partial charge in [0.15, 0.2) is 5.69 Å². The van der Waals surface area contributed by atoms with Crippen molar-refractivity contribution in [3.05, 3.63) is 32.5 Å². The highest BCUT2D eigenvalue weighted by Gasteiger charge is 2.26. The third-order valence-corrected chi connectivity index (χ3v) is 5.81. The Morgan fingerprint density at radius 1 is 1.29 bits per heavy atom. The predicted octanol–water partition coefficient (Wildman–Crippen LogP) is 3.88. The van der Waals surface area contributed by atoms with Gasteiger partial charge < -0.3 is 5.32 Å². The van der Waals surface area contributed by atoms with Crippen molar-refractivity contribution in [2.24, 2.45) is 5.92 Å². The Morgan fingerprint density at radius 2 is 2.04 bits per heavy atom. The number of H-pyrrole nitrogens is 1. The number of aryl methyl sites for hydroxylation is 3. The third-order valence-electron chi connectivity index (χ3n) is 4.63. The summed E-state index contributed by atoms with van der Waals surface area (Å²) < 4.78 is 0. The van der Waals surface area contributed by atoms with Gasteiger partial charge in [0.1, 0.15) is 5.01 Å². The summed E-state index contributed by atoms with van der Waals surface area (Å²) >= 11 is 1.68. The van der Waals surface area contributed by atoms with Crippen LogP contribution in [0.1, 0.15) is 76.5 Å². The van der Waals surface area contributed by atoms with E-state index in [1.54, 1.807) is 11.3 Å². The number of aromatic nitrogens is 3. The van der Waals surface area contributed by atoms with Crippen molar-refractivity contribution in [2.45, 2.75) is 65.8 Å². The van der Waals surface area contributed by atoms with E-state index in [4.69, 9.17) is 0 Å². The molecule has 1 amide bonds. The molecule has 2 aromatic rings. The van der Waals surface area contributed by atoms with Crippen molar-refractivity contribution < 1.29 is 4.79 Å². The molecule has 1 unspecified atom stereocenters. The SMILES string of the molecule is Cc1nc(C(CC(C)C)NC(=O)c2n[nH]c3c2CCCC3)sc1C. The quantitative estimate of drug-likeness (QED) is 0.863. The van der Waals surface area contributed by atoms with Crippen LogP contribution >= 0.6 is 11.3 Å². The number of thiazole rings is 1. The highest BCUT2D eigenvalue weighted by molar-refractivity contribution is 7.11. The molecule has 6 heteroatoms. The van der Waals surface area contributed by atoms with Crippen molar-refractivity contribution in [2.75, 3.05) is 0 Å². The highest BCUT2D eigenvalue weighted by atomic mass is 32.1. The fraction of sp³-hybridized carbons (Fsp3) is 0.611. The average molecular weight is 347 g/mol. The third kappa shape index (κ3) is 3.53. The van der Waals surface area contributed by atoms with Crippen LogP contribution in [0, 0.1) is 19.8 Å². The molecule has 3 rings (SSSR count). The number of fused-ring (bicyclic) bond motifs is 1. The standard InChI is InChI=1S/C18H26N4OS/c1-10(2)9-15(18-19-11(3)12(4)24-18)20-17(23)16-13-7-5-6-8-14(13)21-22-16/h10,15H,5-9H2,1-4H3,(H,20,23)(H,21,22). The molecule has 0 radical (unpaired) electrons. The van der Waals surface area contributed by atoms with Gasteiger partial charge in [0, 0.05) is 16.1 Å². The molecule has 1 atom stereocenters. The lowest BCUT2D eigenvalue weighted by Gasteiger charge is -2.19. The number of nitrogens with zero attached hydrogens (tertiary/aromatic N) is 2. The molecule has 0 spiro atoms. The molecule has 0 saturated heterocycles. The number of carbonyl (C=O) groups excluding carboxylic acids is 1. The topological polar surface area (TPSA) is 70.7 Å². The van der Waals surface area contributed by atoms with Crippen molar-refractivity contribution in [3.8, 4) is 0 Å². The van der Waals surface area contributed by atoms with Gasteiger partial charge in [-0.25, -0.2) is 4.98 Å². The van der Waals surface area contributed by atoms with Gasteiger partial charge in [-0.1, -0.05) is 13.8 Å². The molecular formula is C18H26N4OS. The molecule has 0 aliphatic heterocycles. The number of nitrogens with one attached hydrogen (secondary N) is 2. The Labute approximate surface area is 147 Å². The summed E-state index contributed by atoms with van der Waals surface area (Å²) in [6.45, 7) is 8.44. The van der Waals surface area contributed by atoms with Crippen molar-refractivity contribution >= 4 is 17.2 Å². The maximum Gasteiger partial charge on any atom is 0.272 e. The van der Waals surface area contributed by atoms with Gasteiger partial charge in [-0.15, -0.1) is 11.3 Å². The number of aromatic amines is 1. The fourth-order valence-corrected chi connectivity index (χ4v) is 4.22. The van der Waals surface area contributed by atoms with Gasteiger partial charge in [0.2, 0.25) is 0 Å². The second-order valence-corrected chi connectivity index (χ2v) is 8.32. The molecule has 24 heavy (non-hydrogen) atoms. The second kappa shape index (κ2) is 7.05. The molecule has 0 aromatic carbocycles. The lowest BCUT2D eigenvalue weighted by atomic mass is 9.95. The first-order valence-electron chi connectivity index (χ1n) is 8.76. The van der Waals surface area contributed by atoms with Gasteiger partial charge in [0.25, 0.3) is 5.91 Å². The average Bonchev–Trinajstić information content (AvgIpc) is 3.10. The maximum atomic E-state index is 12.8. The van der Waals surface area contributed by atoms with Crippen LogP contribution in [0.5, 0.6) is 0 Å². The summed E-state index contributed by atoms with van der Waals surface area (Å²) in [5.41, 5.74) is 3.86. The predicted molar refractivity (Wildman–Crippen MR) is 96.5 cm³/mol. The van der Waals surface area contributed by atoms with Crippen LogP contribution < -0.4 is 5.32 Å². The first kappa shape index (κ1) is 17.1. The van der Waals surface area contributed by atoms with E-state index in [0.29, 0.717) is 11.6 Å². The molecule has 0 saturated carbocycles. The first-order chi connectivity index (χ1) is 11.5. The molecule has 1 aliphatic carbocycles. The molecule has 2 heterocycles. The molecule has 5 nitrogen and oxygen atoms in total. The monoisotopic (exact) mass is 346 g/mol. The van der Waals surface area contributed by atoms with Crippen LogP contribution in [0.3, 0.4) is 0 Å². The highest BCUT2D eigenvalue weighted by Crippen LogP contribution is 2.28. The summed E-state index contributed by atoms with van der Waals surface area (Å²) in [6.07, 6.45) is 5.12. The zero-order valence-corrected chi connectivity index (χ0v) is 15.7. The Hall–Kier alpha value is -1.69. The van der Waals surface area contributed by atoms with Gasteiger partial charge in [-0.3, -0.25) is 9.89 Å². The van der Waals surface area contributed by atoms with Gasteiger partial charge in [-0.05, 0) is 51.9 Å². The van der Waals surface area contributed by atoms with E-state index >= 15 is 0 Å². The second-order valence-electron chi connectivity index (χ2n) is 7.09. The largest absolute Gasteiger partial charge is 0.341 e. The molecule has 1 aliphatic rings. The normalized spacial score (nSPS) is 15.4. The van der Waals surface area contributed by atoms with Gasteiger partial charge in [0.05, 0.1) is 11.7 Å². The Bertz CT molecular complexity index is 712. The molecule has 2 N–H and O–H groups in total. The lowest BCUT2D eigenvalue weighted by molar-refractivity contribution is 0.0925. The van der Waals surface area contributed by atoms with E-state index in [1.165, 1.54) is 11.3 Å². The summed E-state index contributed by atoms with van der Waals surface area (Å²) in [4.78, 5) is 18.7. The number of carbonyl (C=O) groups is 1. The lowest BCUT2D eigenvalue weighted by Crippen LogP contribution is -2.30. The first-order valence-corrected chi connectivity index (χ1v) is 9.58. The van der Waals surface area contributed by atoms with Crippen LogP contribution in [-0.4, -0.2) is 21.1 Å². The number of rotatable bonds is 5. The maximum absolute atomic E-state index is 12.8. The molecule has 2 aromatic heterocycles. The summed E-state index contributed by atoms with van der Waals surface area (Å²) in [5, 5.41) is 11.5. The summed E-state index contributed by atoms with van der Waals surface area (Å²) in [5.74, 6) is 0.401. The zero-order chi connectivity index (χ0) is 17.3. The van der Waals surface area contributed by atoms with Crippen molar-refractivity contribution in [3.63, 3.8) is 0 Å². The fourth-order valence-electron chi connectivity index (χ4n) is 3.23. The van der Waals surface area contributed by atoms with Gasteiger partial charge in [-0.2, -0.15) is 5.10 Å². The molecule has 0 fully saturated rings. The van der Waals surface area contributed by atoms with Crippen LogP contribution in [-0.2, 0) is 12.8 Å². The molecular weight excluding hydrogens is 320 g/mol. The van der Waals surface area contributed by atoms with E-state index in [0.717, 1.165) is 47.6 Å².